The second kappa shape index (κ2) is 26.2. The maximum Gasteiger partial charge on any atom is 2.00 e. The number of rotatable bonds is 15. The molecule has 5 heteroatoms. The topological polar surface area (TPSA) is 80.3 Å². The number of carbonyl (C=O) groups is 2. The van der Waals surface area contributed by atoms with Crippen molar-refractivity contribution in [2.24, 2.45) is 0 Å². The third-order valence-electron chi connectivity index (χ3n) is 3.50. The molecule has 0 aliphatic heterocycles. The van der Waals surface area contributed by atoms with Crippen molar-refractivity contribution >= 4 is 35.0 Å². The molecule has 26 heavy (non-hydrogen) atoms. The summed E-state index contributed by atoms with van der Waals surface area (Å²) in [6.45, 7) is 5.13. The summed E-state index contributed by atoms with van der Waals surface area (Å²) in [6.07, 6.45) is 22.7. The van der Waals surface area contributed by atoms with Crippen molar-refractivity contribution < 1.29 is 19.8 Å². The predicted molar refractivity (Wildman–Crippen MR) is 105 cm³/mol. The Kier molecular flexibility index (Phi) is 29.9. The molecule has 0 N–H and O–H groups in total. The maximum absolute atomic E-state index is 10.2. The zero-order valence-corrected chi connectivity index (χ0v) is 17.8. The number of unbranched alkanes of at least 4 members (excludes halogenated alkanes) is 8. The van der Waals surface area contributed by atoms with E-state index >= 15 is 0 Å². The van der Waals surface area contributed by atoms with Crippen molar-refractivity contribution in [3.05, 3.63) is 37.0 Å². The Bertz CT molecular complexity index is 389. The molecule has 0 amide bonds. The van der Waals surface area contributed by atoms with Crippen molar-refractivity contribution in [1.82, 2.24) is 0 Å². The Balaban J connectivity index is -0.000000772. The van der Waals surface area contributed by atoms with E-state index in [1.807, 2.05) is 0 Å². The zero-order chi connectivity index (χ0) is 19.2. The number of hydrogen-bond donors (Lipinski definition) is 0. The normalized spacial score (nSPS) is 10.2. The third kappa shape index (κ3) is 34.3. The van der Waals surface area contributed by atoms with Gasteiger partial charge in [0, 0.05) is 5.97 Å². The molecule has 0 bridgehead atoms. The third-order valence-corrected chi connectivity index (χ3v) is 3.50. The molecule has 0 aliphatic carbocycles. The van der Waals surface area contributed by atoms with Crippen LogP contribution in [0.2, 0.25) is 0 Å². The standard InChI is InChI=1S/C18H32O2.C3H4O2.Mg/c1-2-3-4-5-6-7-8-9-10-11-12-13-14-15-16-17-18(19)20;1-2-3(4)5;/h6-7,9-10H,2-5,8,11-17H2,1H3,(H,19,20);2H,1H2,(H,4,5);/q;;+2/p-2/b7-6-,10-9-;;. The molecule has 0 aromatic carbocycles. The number of carbonyl (C=O) groups excluding carboxylic acids is 2. The van der Waals surface area contributed by atoms with Gasteiger partial charge in [0.05, 0.1) is 5.97 Å². The molecule has 0 spiro atoms. The van der Waals surface area contributed by atoms with Crippen LogP contribution in [0.3, 0.4) is 0 Å². The summed E-state index contributed by atoms with van der Waals surface area (Å²) in [4.78, 5) is 19.3. The molecule has 0 rings (SSSR count). The van der Waals surface area contributed by atoms with E-state index in [2.05, 4.69) is 37.8 Å². The molecule has 0 fully saturated rings. The fourth-order valence-corrected chi connectivity index (χ4v) is 2.08. The minimum atomic E-state index is -1.23. The first kappa shape index (κ1) is 29.7. The first-order valence-electron chi connectivity index (χ1n) is 9.37. The molecule has 0 saturated carbocycles. The molecule has 0 aromatic heterocycles. The van der Waals surface area contributed by atoms with Crippen molar-refractivity contribution in [3.8, 4) is 0 Å². The van der Waals surface area contributed by atoms with Gasteiger partial charge in [0.15, 0.2) is 0 Å². The van der Waals surface area contributed by atoms with E-state index in [9.17, 15) is 9.90 Å². The van der Waals surface area contributed by atoms with E-state index in [0.717, 1.165) is 38.2 Å². The Morgan fingerprint density at radius 1 is 0.808 bits per heavy atom. The molecule has 0 aliphatic rings. The van der Waals surface area contributed by atoms with Gasteiger partial charge in [0.1, 0.15) is 0 Å². The quantitative estimate of drug-likeness (QED) is 0.191. The summed E-state index contributed by atoms with van der Waals surface area (Å²) in [6, 6.07) is 0. The van der Waals surface area contributed by atoms with Crippen molar-refractivity contribution in [1.29, 1.82) is 0 Å². The van der Waals surface area contributed by atoms with Gasteiger partial charge in [0.25, 0.3) is 0 Å². The number of carboxylic acids is 2. The van der Waals surface area contributed by atoms with Crippen LogP contribution in [-0.4, -0.2) is 35.0 Å². The maximum atomic E-state index is 10.2. The summed E-state index contributed by atoms with van der Waals surface area (Å²) in [5.41, 5.74) is 0. The van der Waals surface area contributed by atoms with Crippen molar-refractivity contribution in [2.45, 2.75) is 84.0 Å². The fraction of sp³-hybridized carbons (Fsp3) is 0.619. The summed E-state index contributed by atoms with van der Waals surface area (Å²) in [5.74, 6) is -2.15. The SMILES string of the molecule is C=CC(=O)[O-].CCCCC/C=C\C/C=C\CCCCCCCC(=O)[O-].[Mg+2]. The molecular formula is C21H34MgO4. The molecule has 0 unspecified atom stereocenters. The Labute approximate surface area is 175 Å². The second-order valence-corrected chi connectivity index (χ2v) is 5.88. The van der Waals surface area contributed by atoms with Crippen LogP contribution in [0.25, 0.3) is 0 Å². The van der Waals surface area contributed by atoms with Crippen LogP contribution in [-0.2, 0) is 9.59 Å². The average molecular weight is 375 g/mol. The van der Waals surface area contributed by atoms with Crippen LogP contribution in [0, 0.1) is 0 Å². The Morgan fingerprint density at radius 2 is 1.27 bits per heavy atom. The van der Waals surface area contributed by atoms with Gasteiger partial charge in [-0.05, 0) is 51.0 Å². The Hall–Kier alpha value is -1.07. The molecule has 144 valence electrons. The van der Waals surface area contributed by atoms with E-state index in [0.29, 0.717) is 0 Å². The van der Waals surface area contributed by atoms with E-state index in [1.54, 1.807) is 0 Å². The van der Waals surface area contributed by atoms with Crippen LogP contribution in [0.15, 0.2) is 37.0 Å². The zero-order valence-electron chi connectivity index (χ0n) is 16.4. The van der Waals surface area contributed by atoms with E-state index in [-0.39, 0.29) is 29.5 Å². The Morgan fingerprint density at radius 3 is 1.73 bits per heavy atom. The first-order chi connectivity index (χ1) is 12.0. The van der Waals surface area contributed by atoms with Crippen LogP contribution in [0.5, 0.6) is 0 Å². The predicted octanol–water partition coefficient (Wildman–Crippen LogP) is 3.09. The number of hydrogen-bond acceptors (Lipinski definition) is 4. The van der Waals surface area contributed by atoms with Crippen LogP contribution in [0.1, 0.15) is 84.0 Å². The average Bonchev–Trinajstić information content (AvgIpc) is 2.58. The van der Waals surface area contributed by atoms with Gasteiger partial charge in [-0.15, -0.1) is 0 Å². The van der Waals surface area contributed by atoms with Crippen molar-refractivity contribution in [2.75, 3.05) is 0 Å². The molecule has 0 atom stereocenters. The van der Waals surface area contributed by atoms with E-state index in [1.165, 1.54) is 38.5 Å². The van der Waals surface area contributed by atoms with Crippen LogP contribution >= 0.6 is 0 Å². The minimum absolute atomic E-state index is 0. The summed E-state index contributed by atoms with van der Waals surface area (Å²) < 4.78 is 0. The van der Waals surface area contributed by atoms with Gasteiger partial charge < -0.3 is 19.8 Å². The first-order valence-corrected chi connectivity index (χ1v) is 9.37. The second-order valence-electron chi connectivity index (χ2n) is 5.88. The van der Waals surface area contributed by atoms with Crippen LogP contribution in [0.4, 0.5) is 0 Å². The largest absolute Gasteiger partial charge is 2.00 e. The number of allylic oxidation sites excluding steroid dienone is 4. The van der Waals surface area contributed by atoms with Crippen LogP contribution < -0.4 is 10.2 Å². The number of aliphatic carboxylic acids is 2. The van der Waals surface area contributed by atoms with Gasteiger partial charge in [0.2, 0.25) is 0 Å². The summed E-state index contributed by atoms with van der Waals surface area (Å²) >= 11 is 0. The van der Waals surface area contributed by atoms with E-state index in [4.69, 9.17) is 9.90 Å². The van der Waals surface area contributed by atoms with Gasteiger partial charge in [-0.25, -0.2) is 0 Å². The monoisotopic (exact) mass is 374 g/mol. The minimum Gasteiger partial charge on any atom is -0.550 e. The summed E-state index contributed by atoms with van der Waals surface area (Å²) in [7, 11) is 0. The molecule has 0 radical (unpaired) electrons. The van der Waals surface area contributed by atoms with Gasteiger partial charge in [-0.3, -0.25) is 0 Å². The van der Waals surface area contributed by atoms with E-state index < -0.39 is 11.9 Å². The van der Waals surface area contributed by atoms with Gasteiger partial charge >= 0.3 is 23.1 Å². The van der Waals surface area contributed by atoms with Crippen molar-refractivity contribution in [3.63, 3.8) is 0 Å². The molecule has 0 saturated heterocycles. The number of carboxylic acid groups (broad SMARTS) is 2. The molecule has 0 heterocycles. The molecular weight excluding hydrogens is 341 g/mol. The molecule has 0 aromatic rings. The van der Waals surface area contributed by atoms with Gasteiger partial charge in [-0.2, -0.15) is 0 Å². The fourth-order valence-electron chi connectivity index (χ4n) is 2.08. The van der Waals surface area contributed by atoms with Gasteiger partial charge in [-0.1, -0.05) is 69.9 Å². The molecule has 4 nitrogen and oxygen atoms in total. The summed E-state index contributed by atoms with van der Waals surface area (Å²) in [5, 5.41) is 19.3. The smallest absolute Gasteiger partial charge is 0.550 e.